The number of halogens is 1. The van der Waals surface area contributed by atoms with Crippen molar-refractivity contribution in [3.63, 3.8) is 0 Å². The van der Waals surface area contributed by atoms with Crippen molar-refractivity contribution in [1.82, 2.24) is 5.32 Å². The molecule has 0 spiro atoms. The van der Waals surface area contributed by atoms with Crippen LogP contribution in [0.25, 0.3) is 0 Å². The topological polar surface area (TPSA) is 46.2 Å². The molecule has 3 nitrogen and oxygen atoms in total. The van der Waals surface area contributed by atoms with E-state index < -0.39 is 10.8 Å². The van der Waals surface area contributed by atoms with Gasteiger partial charge in [0.05, 0.1) is 10.8 Å². The van der Waals surface area contributed by atoms with Crippen LogP contribution in [0.5, 0.6) is 0 Å². The summed E-state index contributed by atoms with van der Waals surface area (Å²) >= 11 is 6.17. The molecule has 1 aliphatic rings. The summed E-state index contributed by atoms with van der Waals surface area (Å²) in [5.41, 5.74) is 1.04. The number of benzene rings is 2. The predicted molar refractivity (Wildman–Crippen MR) is 93.0 cm³/mol. The third kappa shape index (κ3) is 4.01. The first-order chi connectivity index (χ1) is 11.2. The molecule has 0 unspecified atom stereocenters. The van der Waals surface area contributed by atoms with E-state index in [4.69, 9.17) is 11.6 Å². The van der Waals surface area contributed by atoms with Gasteiger partial charge in [-0.1, -0.05) is 48.0 Å². The number of carbonyl (C=O) groups excluding carboxylic acids is 1. The Morgan fingerprint density at radius 1 is 1.13 bits per heavy atom. The van der Waals surface area contributed by atoms with E-state index in [0.717, 1.165) is 21.9 Å². The molecule has 0 aromatic heterocycles. The summed E-state index contributed by atoms with van der Waals surface area (Å²) in [5, 5.41) is 3.61. The van der Waals surface area contributed by atoms with Crippen LogP contribution in [0.4, 0.5) is 0 Å². The minimum Gasteiger partial charge on any atom is -0.355 e. The Morgan fingerprint density at radius 3 is 2.57 bits per heavy atom. The van der Waals surface area contributed by atoms with Crippen LogP contribution in [-0.2, 0) is 15.6 Å². The SMILES string of the molecule is O=C(NCC[S@](=O)c1ccccc1)[C@H]1C[C@H]1c1ccccc1Cl. The molecule has 0 saturated heterocycles. The highest BCUT2D eigenvalue weighted by Gasteiger charge is 2.44. The largest absolute Gasteiger partial charge is 0.355 e. The molecule has 2 aromatic rings. The maximum Gasteiger partial charge on any atom is 0.223 e. The van der Waals surface area contributed by atoms with Gasteiger partial charge in [-0.3, -0.25) is 9.00 Å². The Labute approximate surface area is 143 Å². The van der Waals surface area contributed by atoms with Gasteiger partial charge in [-0.05, 0) is 36.1 Å². The van der Waals surface area contributed by atoms with Gasteiger partial charge < -0.3 is 5.32 Å². The highest BCUT2D eigenvalue weighted by atomic mass is 35.5. The maximum atomic E-state index is 12.2. The first-order valence-corrected chi connectivity index (χ1v) is 9.32. The van der Waals surface area contributed by atoms with Gasteiger partial charge in [-0.25, -0.2) is 0 Å². The van der Waals surface area contributed by atoms with Crippen LogP contribution >= 0.6 is 11.6 Å². The van der Waals surface area contributed by atoms with E-state index in [9.17, 15) is 9.00 Å². The Morgan fingerprint density at radius 2 is 1.83 bits per heavy atom. The van der Waals surface area contributed by atoms with Gasteiger partial charge in [0.15, 0.2) is 0 Å². The Kier molecular flexibility index (Phi) is 5.13. The maximum absolute atomic E-state index is 12.2. The number of hydrogen-bond acceptors (Lipinski definition) is 2. The van der Waals surface area contributed by atoms with Crippen LogP contribution in [-0.4, -0.2) is 22.4 Å². The average molecular weight is 348 g/mol. The summed E-state index contributed by atoms with van der Waals surface area (Å²) in [5.74, 6) is 0.655. The smallest absolute Gasteiger partial charge is 0.223 e. The second-order valence-corrected chi connectivity index (χ2v) is 7.60. The highest BCUT2D eigenvalue weighted by Crippen LogP contribution is 2.49. The Bertz CT molecular complexity index is 720. The van der Waals surface area contributed by atoms with Gasteiger partial charge in [0.1, 0.15) is 0 Å². The van der Waals surface area contributed by atoms with Crippen LogP contribution in [0.1, 0.15) is 17.9 Å². The lowest BCUT2D eigenvalue weighted by atomic mass is 10.1. The monoisotopic (exact) mass is 347 g/mol. The van der Waals surface area contributed by atoms with Crippen LogP contribution in [0.15, 0.2) is 59.5 Å². The first-order valence-electron chi connectivity index (χ1n) is 7.62. The summed E-state index contributed by atoms with van der Waals surface area (Å²) in [7, 11) is -1.08. The fraction of sp³-hybridized carbons (Fsp3) is 0.278. The minimum atomic E-state index is -1.08. The van der Waals surface area contributed by atoms with Gasteiger partial charge in [0.25, 0.3) is 0 Å². The number of rotatable bonds is 6. The number of carbonyl (C=O) groups is 1. The average Bonchev–Trinajstić information content (AvgIpc) is 3.36. The summed E-state index contributed by atoms with van der Waals surface area (Å²) in [6, 6.07) is 17.0. The molecule has 1 saturated carbocycles. The van der Waals surface area contributed by atoms with E-state index in [1.54, 1.807) is 0 Å². The Balaban J connectivity index is 1.46. The zero-order chi connectivity index (χ0) is 16.2. The van der Waals surface area contributed by atoms with Crippen molar-refractivity contribution in [3.8, 4) is 0 Å². The molecule has 1 aliphatic carbocycles. The van der Waals surface area contributed by atoms with Crippen LogP contribution < -0.4 is 5.32 Å². The van der Waals surface area contributed by atoms with E-state index in [1.807, 2.05) is 54.6 Å². The van der Waals surface area contributed by atoms with Crippen LogP contribution in [0.3, 0.4) is 0 Å². The molecule has 1 fully saturated rings. The molecule has 120 valence electrons. The molecule has 0 heterocycles. The fourth-order valence-corrected chi connectivity index (χ4v) is 3.95. The van der Waals surface area contributed by atoms with E-state index in [0.29, 0.717) is 12.3 Å². The second kappa shape index (κ2) is 7.28. The molecule has 0 aliphatic heterocycles. The molecule has 0 bridgehead atoms. The third-order valence-corrected chi connectivity index (χ3v) is 5.74. The number of amides is 1. The van der Waals surface area contributed by atoms with Gasteiger partial charge in [-0.2, -0.15) is 0 Å². The molecule has 0 radical (unpaired) electrons. The number of nitrogens with one attached hydrogen (secondary N) is 1. The lowest BCUT2D eigenvalue weighted by molar-refractivity contribution is -0.122. The summed E-state index contributed by atoms with van der Waals surface area (Å²) in [4.78, 5) is 13.0. The molecule has 5 heteroatoms. The van der Waals surface area contributed by atoms with Gasteiger partial charge in [0.2, 0.25) is 5.91 Å². The summed E-state index contributed by atoms with van der Waals surface area (Å²) in [6.45, 7) is 0.423. The van der Waals surface area contributed by atoms with Crippen molar-refractivity contribution in [3.05, 3.63) is 65.2 Å². The first kappa shape index (κ1) is 16.2. The van der Waals surface area contributed by atoms with Crippen molar-refractivity contribution in [1.29, 1.82) is 0 Å². The lowest BCUT2D eigenvalue weighted by Crippen LogP contribution is -2.29. The van der Waals surface area contributed by atoms with E-state index >= 15 is 0 Å². The quantitative estimate of drug-likeness (QED) is 0.870. The number of hydrogen-bond donors (Lipinski definition) is 1. The molecule has 1 amide bonds. The second-order valence-electron chi connectivity index (χ2n) is 5.62. The van der Waals surface area contributed by atoms with E-state index in [1.165, 1.54) is 0 Å². The van der Waals surface area contributed by atoms with Gasteiger partial charge in [-0.15, -0.1) is 0 Å². The predicted octanol–water partition coefficient (Wildman–Crippen LogP) is 3.37. The lowest BCUT2D eigenvalue weighted by Gasteiger charge is -2.06. The van der Waals surface area contributed by atoms with Crippen molar-refractivity contribution < 1.29 is 9.00 Å². The normalized spacial score (nSPS) is 20.7. The summed E-state index contributed by atoms with van der Waals surface area (Å²) in [6.07, 6.45) is 0.831. The zero-order valence-corrected chi connectivity index (χ0v) is 14.1. The molecular weight excluding hydrogens is 330 g/mol. The Hall–Kier alpha value is -1.65. The van der Waals surface area contributed by atoms with Crippen molar-refractivity contribution >= 4 is 28.3 Å². The standard InChI is InChI=1S/C18H18ClNO2S/c19-17-9-5-4-8-14(17)15-12-16(15)18(21)20-10-11-23(22)13-6-2-1-3-7-13/h1-9,15-16H,10-12H2,(H,20,21)/t15-,16-,23-/m0/s1. The molecule has 3 rings (SSSR count). The van der Waals surface area contributed by atoms with Crippen molar-refractivity contribution in [2.45, 2.75) is 17.2 Å². The van der Waals surface area contributed by atoms with Crippen molar-refractivity contribution in [2.24, 2.45) is 5.92 Å². The van der Waals surface area contributed by atoms with E-state index in [2.05, 4.69) is 5.32 Å². The minimum absolute atomic E-state index is 0.0138. The molecule has 2 aromatic carbocycles. The highest BCUT2D eigenvalue weighted by molar-refractivity contribution is 7.85. The molecule has 1 N–H and O–H groups in total. The van der Waals surface area contributed by atoms with Crippen molar-refractivity contribution in [2.75, 3.05) is 12.3 Å². The molecule has 3 atom stereocenters. The molecular formula is C18H18ClNO2S. The molecule has 23 heavy (non-hydrogen) atoms. The van der Waals surface area contributed by atoms with Crippen LogP contribution in [0.2, 0.25) is 5.02 Å². The van der Waals surface area contributed by atoms with Crippen LogP contribution in [0, 0.1) is 5.92 Å². The summed E-state index contributed by atoms with van der Waals surface area (Å²) < 4.78 is 12.1. The fourth-order valence-electron chi connectivity index (χ4n) is 2.69. The van der Waals surface area contributed by atoms with E-state index in [-0.39, 0.29) is 17.7 Å². The van der Waals surface area contributed by atoms with Gasteiger partial charge >= 0.3 is 0 Å². The van der Waals surface area contributed by atoms with Gasteiger partial charge in [0, 0.05) is 28.1 Å². The zero-order valence-electron chi connectivity index (χ0n) is 12.6. The third-order valence-electron chi connectivity index (χ3n) is 4.02.